The second kappa shape index (κ2) is 11.7. The first-order valence-corrected chi connectivity index (χ1v) is 16.2. The second-order valence-electron chi connectivity index (χ2n) is 11.3. The van der Waals surface area contributed by atoms with Crippen molar-refractivity contribution in [2.75, 3.05) is 37.0 Å². The molecule has 2 fully saturated rings. The van der Waals surface area contributed by atoms with Gasteiger partial charge in [0.1, 0.15) is 21.3 Å². The summed E-state index contributed by atoms with van der Waals surface area (Å²) in [6, 6.07) is 4.04. The zero-order valence-corrected chi connectivity index (χ0v) is 24.3. The maximum absolute atomic E-state index is 13.4. The number of Topliss-reactive ketones (excluding diaryl/α,β-unsaturated/α-hetero) is 1. The Labute approximate surface area is 235 Å². The van der Waals surface area contributed by atoms with Crippen molar-refractivity contribution < 1.29 is 13.2 Å². The molecule has 40 heavy (non-hydrogen) atoms. The molecular formula is C29H38N6O4S. The summed E-state index contributed by atoms with van der Waals surface area (Å²) in [6.07, 6.45) is 11.5. The molecule has 3 aromatic rings. The van der Waals surface area contributed by atoms with Gasteiger partial charge in [0.05, 0.1) is 11.3 Å². The molecule has 0 radical (unpaired) electrons. The summed E-state index contributed by atoms with van der Waals surface area (Å²) in [5.41, 5.74) is 2.32. The fraction of sp³-hybridized carbons (Fsp3) is 0.552. The fourth-order valence-electron chi connectivity index (χ4n) is 6.18. The first-order chi connectivity index (χ1) is 19.1. The van der Waals surface area contributed by atoms with Crippen LogP contribution in [-0.2, 0) is 9.84 Å². The number of ketones is 1. The molecule has 0 spiro atoms. The third-order valence-corrected chi connectivity index (χ3v) is 9.36. The Morgan fingerprint density at radius 2 is 1.80 bits per heavy atom. The van der Waals surface area contributed by atoms with Gasteiger partial charge in [-0.15, -0.1) is 0 Å². The van der Waals surface area contributed by atoms with E-state index in [0.29, 0.717) is 40.7 Å². The zero-order chi connectivity index (χ0) is 28.4. The Kier molecular flexibility index (Phi) is 8.32. The molecule has 0 aromatic carbocycles. The maximum atomic E-state index is 13.4. The van der Waals surface area contributed by atoms with Crippen LogP contribution >= 0.6 is 0 Å². The van der Waals surface area contributed by atoms with E-state index >= 15 is 0 Å². The van der Waals surface area contributed by atoms with Gasteiger partial charge in [0, 0.05) is 30.1 Å². The number of piperidine rings is 1. The number of sulfone groups is 1. The van der Waals surface area contributed by atoms with Crippen LogP contribution in [0.4, 0.5) is 11.8 Å². The predicted molar refractivity (Wildman–Crippen MR) is 156 cm³/mol. The summed E-state index contributed by atoms with van der Waals surface area (Å²) in [5, 5.41) is 3.91. The number of pyridine rings is 2. The Morgan fingerprint density at radius 1 is 1.07 bits per heavy atom. The van der Waals surface area contributed by atoms with E-state index in [0.717, 1.165) is 58.2 Å². The lowest BCUT2D eigenvalue weighted by Gasteiger charge is -2.32. The molecule has 2 aliphatic rings. The minimum Gasteiger partial charge on any atom is -0.309 e. The van der Waals surface area contributed by atoms with Gasteiger partial charge in [-0.25, -0.2) is 18.4 Å². The van der Waals surface area contributed by atoms with Crippen LogP contribution in [0.3, 0.4) is 0 Å². The fourth-order valence-corrected chi connectivity index (χ4v) is 6.84. The lowest BCUT2D eigenvalue weighted by atomic mass is 9.90. The van der Waals surface area contributed by atoms with E-state index in [1.165, 1.54) is 18.7 Å². The smallest absolute Gasteiger partial charge is 0.263 e. The van der Waals surface area contributed by atoms with Crippen molar-refractivity contribution in [1.82, 2.24) is 24.4 Å². The molecule has 0 amide bonds. The first-order valence-electron chi connectivity index (χ1n) is 14.2. The van der Waals surface area contributed by atoms with Gasteiger partial charge in [0.15, 0.2) is 5.78 Å². The molecule has 11 heteroatoms. The minimum absolute atomic E-state index is 0.0277. The highest BCUT2D eigenvalue weighted by Crippen LogP contribution is 2.32. The van der Waals surface area contributed by atoms with Crippen LogP contribution in [0.5, 0.6) is 0 Å². The van der Waals surface area contributed by atoms with Crippen molar-refractivity contribution in [1.29, 1.82) is 0 Å². The van der Waals surface area contributed by atoms with E-state index in [-0.39, 0.29) is 28.7 Å². The number of carbonyl (C=O) groups is 1. The van der Waals surface area contributed by atoms with Crippen LogP contribution in [0.25, 0.3) is 11.0 Å². The van der Waals surface area contributed by atoms with Crippen molar-refractivity contribution in [2.45, 2.75) is 70.8 Å². The molecule has 5 rings (SSSR count). The number of nitrogens with one attached hydrogen (secondary N) is 1. The highest BCUT2D eigenvalue weighted by Gasteiger charge is 2.26. The van der Waals surface area contributed by atoms with Crippen molar-refractivity contribution in [2.24, 2.45) is 0 Å². The quantitative estimate of drug-likeness (QED) is 0.380. The second-order valence-corrected chi connectivity index (χ2v) is 13.6. The van der Waals surface area contributed by atoms with E-state index in [1.54, 1.807) is 17.7 Å². The van der Waals surface area contributed by atoms with Crippen LogP contribution in [0.2, 0.25) is 0 Å². The summed E-state index contributed by atoms with van der Waals surface area (Å²) in [7, 11) is -2.91. The molecule has 4 heterocycles. The van der Waals surface area contributed by atoms with Gasteiger partial charge in [-0.3, -0.25) is 14.2 Å². The molecule has 1 saturated carbocycles. The molecule has 1 aliphatic carbocycles. The summed E-state index contributed by atoms with van der Waals surface area (Å²) in [4.78, 5) is 42.0. The Morgan fingerprint density at radius 3 is 2.42 bits per heavy atom. The number of carbonyl (C=O) groups excluding carboxylic acids is 1. The molecule has 214 valence electrons. The maximum Gasteiger partial charge on any atom is 0.263 e. The number of nitrogens with zero attached hydrogens (tertiary/aromatic N) is 5. The monoisotopic (exact) mass is 566 g/mol. The van der Waals surface area contributed by atoms with Gasteiger partial charge >= 0.3 is 0 Å². The van der Waals surface area contributed by atoms with Crippen molar-refractivity contribution in [3.63, 3.8) is 0 Å². The molecule has 10 nitrogen and oxygen atoms in total. The van der Waals surface area contributed by atoms with E-state index in [1.807, 2.05) is 12.3 Å². The van der Waals surface area contributed by atoms with Gasteiger partial charge in [-0.2, -0.15) is 4.98 Å². The zero-order valence-electron chi connectivity index (χ0n) is 23.5. The van der Waals surface area contributed by atoms with E-state index in [2.05, 4.69) is 26.3 Å². The normalized spacial score (nSPS) is 17.5. The summed E-state index contributed by atoms with van der Waals surface area (Å²) in [6.45, 7) is 5.94. The molecule has 0 unspecified atom stereocenters. The minimum atomic E-state index is -2.91. The lowest BCUT2D eigenvalue weighted by Crippen LogP contribution is -2.34. The van der Waals surface area contributed by atoms with Gasteiger partial charge in [0.25, 0.3) is 5.56 Å². The Balaban J connectivity index is 1.30. The van der Waals surface area contributed by atoms with E-state index in [9.17, 15) is 18.0 Å². The predicted octanol–water partition coefficient (Wildman–Crippen LogP) is 4.17. The van der Waals surface area contributed by atoms with Crippen LogP contribution in [0.15, 0.2) is 29.3 Å². The standard InChI is InChI=1S/C29H38N6O4S/c1-19-24-18-31-29(33-27(24)35(23-7-4-5-8-23)28(37)26(19)20(2)36)32-25-10-9-22(17-30-25)21-11-14-34(15-12-21)13-6-16-40(3,38)39/h9-10,17-18,21,23H,4-8,11-16H2,1-3H3,(H,30,31,32,33). The summed E-state index contributed by atoms with van der Waals surface area (Å²) < 4.78 is 24.5. The number of rotatable bonds is 9. The van der Waals surface area contributed by atoms with Gasteiger partial charge in [-0.05, 0) is 88.7 Å². The highest BCUT2D eigenvalue weighted by atomic mass is 32.2. The molecular weight excluding hydrogens is 528 g/mol. The average Bonchev–Trinajstić information content (AvgIpc) is 3.43. The van der Waals surface area contributed by atoms with E-state index in [4.69, 9.17) is 4.98 Å². The van der Waals surface area contributed by atoms with Gasteiger partial charge < -0.3 is 10.2 Å². The highest BCUT2D eigenvalue weighted by molar-refractivity contribution is 7.90. The number of aromatic nitrogens is 4. The third kappa shape index (κ3) is 6.25. The molecule has 0 bridgehead atoms. The number of aryl methyl sites for hydroxylation is 1. The van der Waals surface area contributed by atoms with Gasteiger partial charge in [-0.1, -0.05) is 18.9 Å². The Hall–Kier alpha value is -3.18. The molecule has 1 aliphatic heterocycles. The number of hydrogen-bond donors (Lipinski definition) is 1. The van der Waals surface area contributed by atoms with Crippen molar-refractivity contribution >= 4 is 38.4 Å². The van der Waals surface area contributed by atoms with Crippen LogP contribution in [0.1, 0.15) is 85.3 Å². The number of fused-ring (bicyclic) bond motifs is 1. The van der Waals surface area contributed by atoms with Crippen molar-refractivity contribution in [3.8, 4) is 0 Å². The lowest BCUT2D eigenvalue weighted by molar-refractivity contribution is 0.101. The molecule has 0 atom stereocenters. The summed E-state index contributed by atoms with van der Waals surface area (Å²) in [5.74, 6) is 1.40. The number of anilines is 2. The largest absolute Gasteiger partial charge is 0.309 e. The topological polar surface area (TPSA) is 127 Å². The van der Waals surface area contributed by atoms with Gasteiger partial charge in [0.2, 0.25) is 5.95 Å². The first kappa shape index (κ1) is 28.4. The SMILES string of the molecule is CC(=O)c1c(C)c2cnc(Nc3ccc(C4CCN(CCCS(C)(=O)=O)CC4)cn3)nc2n(C2CCCC2)c1=O. The number of likely N-dealkylation sites (tertiary alicyclic amines) is 1. The van der Waals surface area contributed by atoms with Crippen LogP contribution in [-0.4, -0.2) is 70.3 Å². The summed E-state index contributed by atoms with van der Waals surface area (Å²) >= 11 is 0. The van der Waals surface area contributed by atoms with Crippen LogP contribution < -0.4 is 10.9 Å². The Bertz CT molecular complexity index is 1550. The number of hydrogen-bond acceptors (Lipinski definition) is 9. The average molecular weight is 567 g/mol. The molecule has 1 N–H and O–H groups in total. The van der Waals surface area contributed by atoms with Crippen molar-refractivity contribution in [3.05, 3.63) is 51.6 Å². The third-order valence-electron chi connectivity index (χ3n) is 8.33. The van der Waals surface area contributed by atoms with Crippen LogP contribution in [0, 0.1) is 6.92 Å². The molecule has 1 saturated heterocycles. The molecule has 3 aromatic heterocycles. The van der Waals surface area contributed by atoms with E-state index < -0.39 is 9.84 Å².